The van der Waals surface area contributed by atoms with E-state index in [-0.39, 0.29) is 17.5 Å². The first-order chi connectivity index (χ1) is 10.1. The van der Waals surface area contributed by atoms with Crippen molar-refractivity contribution < 1.29 is 10.2 Å². The molecule has 0 spiro atoms. The van der Waals surface area contributed by atoms with E-state index >= 15 is 0 Å². The van der Waals surface area contributed by atoms with Crippen LogP contribution in [0.15, 0.2) is 18.2 Å². The third kappa shape index (κ3) is 4.61. The zero-order valence-electron chi connectivity index (χ0n) is 13.2. The van der Waals surface area contributed by atoms with Crippen LogP contribution in [0.3, 0.4) is 0 Å². The number of unbranched alkanes of at least 4 members (excludes halogenated alkanes) is 1. The molecule has 0 amide bonds. The molecule has 3 N–H and O–H groups in total. The maximum absolute atomic E-state index is 9.69. The third-order valence-corrected chi connectivity index (χ3v) is 4.37. The average Bonchev–Trinajstić information content (AvgIpc) is 2.94. The van der Waals surface area contributed by atoms with E-state index < -0.39 is 0 Å². The monoisotopic (exact) mass is 292 g/mol. The average molecular weight is 292 g/mol. The lowest BCUT2D eigenvalue weighted by atomic mass is 10.0. The molecule has 0 aromatic heterocycles. The minimum Gasteiger partial charge on any atom is -0.508 e. The molecule has 1 aliphatic rings. The fraction of sp³-hybridized carbons (Fsp3) is 0.647. The van der Waals surface area contributed by atoms with Gasteiger partial charge in [-0.25, -0.2) is 0 Å². The predicted octanol–water partition coefficient (Wildman–Crippen LogP) is 3.01. The van der Waals surface area contributed by atoms with Gasteiger partial charge >= 0.3 is 0 Å². The Hall–Kier alpha value is -1.26. The molecule has 0 radical (unpaired) electrons. The van der Waals surface area contributed by atoms with Gasteiger partial charge in [0.15, 0.2) is 0 Å². The number of hydrogen-bond acceptors (Lipinski definition) is 4. The molecule has 2 atom stereocenters. The minimum absolute atomic E-state index is 0.131. The van der Waals surface area contributed by atoms with Crippen molar-refractivity contribution >= 4 is 0 Å². The standard InChI is InChI=1S/C17H28N2O2/c1-3-4-8-19(12-15-6-5-7-18-15)13(2)14-9-16(20)11-17(21)10-14/h9-11,13,15,18,20-21H,3-8,12H2,1-2H3. The minimum atomic E-state index is 0.131. The van der Waals surface area contributed by atoms with Crippen molar-refractivity contribution in [3.63, 3.8) is 0 Å². The SMILES string of the molecule is CCCCN(CC1CCCN1)C(C)c1cc(O)cc(O)c1. The summed E-state index contributed by atoms with van der Waals surface area (Å²) in [4.78, 5) is 2.46. The Morgan fingerprint density at radius 3 is 2.57 bits per heavy atom. The van der Waals surface area contributed by atoms with Gasteiger partial charge in [-0.05, 0) is 57.0 Å². The molecular weight excluding hydrogens is 264 g/mol. The Bertz CT molecular complexity index is 424. The molecule has 0 bridgehead atoms. The molecule has 2 unspecified atom stereocenters. The fourth-order valence-corrected chi connectivity index (χ4v) is 3.07. The maximum atomic E-state index is 9.69. The van der Waals surface area contributed by atoms with Gasteiger partial charge in [-0.3, -0.25) is 4.90 Å². The molecular formula is C17H28N2O2. The molecule has 4 heteroatoms. The maximum Gasteiger partial charge on any atom is 0.119 e. The summed E-state index contributed by atoms with van der Waals surface area (Å²) in [7, 11) is 0. The van der Waals surface area contributed by atoms with Crippen LogP contribution in [0.2, 0.25) is 0 Å². The molecule has 0 aliphatic carbocycles. The topological polar surface area (TPSA) is 55.7 Å². The van der Waals surface area contributed by atoms with E-state index in [1.54, 1.807) is 12.1 Å². The summed E-state index contributed by atoms with van der Waals surface area (Å²) in [6.07, 6.45) is 4.84. The second kappa shape index (κ2) is 7.66. The summed E-state index contributed by atoms with van der Waals surface area (Å²) in [6.45, 7) is 7.55. The number of phenolic OH excluding ortho intramolecular Hbond substituents is 2. The number of benzene rings is 1. The van der Waals surface area contributed by atoms with Crippen LogP contribution < -0.4 is 5.32 Å². The highest BCUT2D eigenvalue weighted by Gasteiger charge is 2.22. The van der Waals surface area contributed by atoms with E-state index in [1.165, 1.54) is 31.7 Å². The van der Waals surface area contributed by atoms with Crippen LogP contribution in [-0.2, 0) is 0 Å². The fourth-order valence-electron chi connectivity index (χ4n) is 3.07. The Morgan fingerprint density at radius 1 is 1.29 bits per heavy atom. The van der Waals surface area contributed by atoms with Gasteiger partial charge in [0.05, 0.1) is 0 Å². The van der Waals surface area contributed by atoms with E-state index in [4.69, 9.17) is 0 Å². The van der Waals surface area contributed by atoms with E-state index in [1.807, 2.05) is 0 Å². The van der Waals surface area contributed by atoms with Gasteiger partial charge in [0.1, 0.15) is 11.5 Å². The van der Waals surface area contributed by atoms with Crippen LogP contribution in [-0.4, -0.2) is 40.8 Å². The van der Waals surface area contributed by atoms with E-state index in [9.17, 15) is 10.2 Å². The van der Waals surface area contributed by atoms with Crippen LogP contribution in [0.25, 0.3) is 0 Å². The van der Waals surface area contributed by atoms with Crippen molar-refractivity contribution in [1.82, 2.24) is 10.2 Å². The predicted molar refractivity (Wildman–Crippen MR) is 85.7 cm³/mol. The third-order valence-electron chi connectivity index (χ3n) is 4.37. The van der Waals surface area contributed by atoms with Crippen molar-refractivity contribution in [2.75, 3.05) is 19.6 Å². The largest absolute Gasteiger partial charge is 0.508 e. The van der Waals surface area contributed by atoms with Gasteiger partial charge in [0.25, 0.3) is 0 Å². The smallest absolute Gasteiger partial charge is 0.119 e. The lowest BCUT2D eigenvalue weighted by molar-refractivity contribution is 0.189. The Balaban J connectivity index is 2.09. The highest BCUT2D eigenvalue weighted by molar-refractivity contribution is 5.38. The van der Waals surface area contributed by atoms with Crippen molar-refractivity contribution in [3.8, 4) is 11.5 Å². The normalized spacial score (nSPS) is 20.0. The highest BCUT2D eigenvalue weighted by Crippen LogP contribution is 2.29. The Kier molecular flexibility index (Phi) is 5.88. The zero-order chi connectivity index (χ0) is 15.2. The lowest BCUT2D eigenvalue weighted by Gasteiger charge is -2.32. The molecule has 1 fully saturated rings. The number of phenols is 2. The molecule has 2 rings (SSSR count). The van der Waals surface area contributed by atoms with Crippen LogP contribution >= 0.6 is 0 Å². The molecule has 1 saturated heterocycles. The van der Waals surface area contributed by atoms with Gasteiger partial charge in [-0.1, -0.05) is 13.3 Å². The van der Waals surface area contributed by atoms with Crippen LogP contribution in [0, 0.1) is 0 Å². The Morgan fingerprint density at radius 2 is 2.00 bits per heavy atom. The molecule has 118 valence electrons. The summed E-state index contributed by atoms with van der Waals surface area (Å²) in [6, 6.07) is 5.65. The van der Waals surface area contributed by atoms with Crippen LogP contribution in [0.1, 0.15) is 51.1 Å². The first-order valence-corrected chi connectivity index (χ1v) is 8.10. The molecule has 4 nitrogen and oxygen atoms in total. The van der Waals surface area contributed by atoms with Crippen LogP contribution in [0.4, 0.5) is 0 Å². The van der Waals surface area contributed by atoms with Crippen molar-refractivity contribution in [2.24, 2.45) is 0 Å². The summed E-state index contributed by atoms with van der Waals surface area (Å²) in [5.41, 5.74) is 0.974. The van der Waals surface area contributed by atoms with Crippen molar-refractivity contribution in [3.05, 3.63) is 23.8 Å². The van der Waals surface area contributed by atoms with E-state index in [0.717, 1.165) is 25.2 Å². The zero-order valence-corrected chi connectivity index (χ0v) is 13.2. The second-order valence-electron chi connectivity index (χ2n) is 6.10. The summed E-state index contributed by atoms with van der Waals surface area (Å²) in [5, 5.41) is 22.9. The Labute approximate surface area is 127 Å². The number of nitrogens with zero attached hydrogens (tertiary/aromatic N) is 1. The number of nitrogens with one attached hydrogen (secondary N) is 1. The van der Waals surface area contributed by atoms with Gasteiger partial charge in [0, 0.05) is 24.7 Å². The highest BCUT2D eigenvalue weighted by atomic mass is 16.3. The lowest BCUT2D eigenvalue weighted by Crippen LogP contribution is -2.39. The van der Waals surface area contributed by atoms with Gasteiger partial charge in [-0.15, -0.1) is 0 Å². The number of rotatable bonds is 7. The molecule has 0 saturated carbocycles. The molecule has 1 aliphatic heterocycles. The van der Waals surface area contributed by atoms with Crippen LogP contribution in [0.5, 0.6) is 11.5 Å². The summed E-state index contributed by atoms with van der Waals surface area (Å²) in [5.74, 6) is 0.262. The first kappa shape index (κ1) is 16.1. The molecule has 1 heterocycles. The number of hydrogen-bond donors (Lipinski definition) is 3. The van der Waals surface area contributed by atoms with Gasteiger partial charge < -0.3 is 15.5 Å². The molecule has 1 aromatic rings. The van der Waals surface area contributed by atoms with E-state index in [0.29, 0.717) is 6.04 Å². The molecule has 1 aromatic carbocycles. The van der Waals surface area contributed by atoms with E-state index in [2.05, 4.69) is 24.1 Å². The quantitative estimate of drug-likeness (QED) is 0.723. The van der Waals surface area contributed by atoms with Gasteiger partial charge in [-0.2, -0.15) is 0 Å². The number of aromatic hydroxyl groups is 2. The summed E-state index contributed by atoms with van der Waals surface area (Å²) >= 11 is 0. The second-order valence-corrected chi connectivity index (χ2v) is 6.10. The first-order valence-electron chi connectivity index (χ1n) is 8.10. The van der Waals surface area contributed by atoms with Crippen molar-refractivity contribution in [1.29, 1.82) is 0 Å². The van der Waals surface area contributed by atoms with Crippen molar-refractivity contribution in [2.45, 2.75) is 51.6 Å². The van der Waals surface area contributed by atoms with Gasteiger partial charge in [0.2, 0.25) is 0 Å². The molecule has 21 heavy (non-hydrogen) atoms. The summed E-state index contributed by atoms with van der Waals surface area (Å²) < 4.78 is 0.